The number of ether oxygens (including phenoxy) is 1. The first-order chi connectivity index (χ1) is 17.5. The molecule has 0 radical (unpaired) electrons. The second kappa shape index (κ2) is 14.1. The third kappa shape index (κ3) is 8.52. The van der Waals surface area contributed by atoms with Gasteiger partial charge in [-0.1, -0.05) is 20.3 Å². The Balaban J connectivity index is 2.30. The average molecular weight is 540 g/mol. The standard InChI is InChI=1S/C24H37N5O7S/c1-16(2)5-10-21(23(31)27-18(14-30)11-17-12-25-15-26-17)22(24(32)28-33)13-29(3)37(34,35)20-8-6-19(36-4)7-9-20/h6-9,12,15-16,18,21-22,30,33H,5,10-11,13-14H2,1-4H3,(H,25,26)(H,27,31)(H,28,32)/t18-,21+,22-/m0/s1. The topological polar surface area (TPSA) is 174 Å². The Morgan fingerprint density at radius 1 is 1.14 bits per heavy atom. The van der Waals surface area contributed by atoms with E-state index in [9.17, 15) is 28.3 Å². The zero-order valence-electron chi connectivity index (χ0n) is 21.5. The fourth-order valence-electron chi connectivity index (χ4n) is 3.94. The Morgan fingerprint density at radius 3 is 2.32 bits per heavy atom. The third-order valence-corrected chi connectivity index (χ3v) is 7.97. The summed E-state index contributed by atoms with van der Waals surface area (Å²) in [5, 5.41) is 22.0. The fraction of sp³-hybridized carbons (Fsp3) is 0.542. The van der Waals surface area contributed by atoms with E-state index in [1.54, 1.807) is 11.7 Å². The molecule has 0 saturated carbocycles. The minimum Gasteiger partial charge on any atom is -0.497 e. The lowest BCUT2D eigenvalue weighted by Crippen LogP contribution is -2.50. The van der Waals surface area contributed by atoms with Crippen molar-refractivity contribution in [3.63, 3.8) is 0 Å². The van der Waals surface area contributed by atoms with Crippen molar-refractivity contribution in [3.05, 3.63) is 42.5 Å². The molecule has 0 saturated heterocycles. The van der Waals surface area contributed by atoms with Gasteiger partial charge >= 0.3 is 0 Å². The van der Waals surface area contributed by atoms with Gasteiger partial charge in [0.1, 0.15) is 5.75 Å². The van der Waals surface area contributed by atoms with Crippen molar-refractivity contribution in [1.29, 1.82) is 0 Å². The number of aliphatic hydroxyl groups is 1. The van der Waals surface area contributed by atoms with Crippen molar-refractivity contribution < 1.29 is 33.1 Å². The van der Waals surface area contributed by atoms with Crippen LogP contribution in [-0.4, -0.2) is 78.2 Å². The number of carbonyl (C=O) groups is 2. The summed E-state index contributed by atoms with van der Waals surface area (Å²) in [6.45, 7) is 3.21. The highest BCUT2D eigenvalue weighted by molar-refractivity contribution is 7.89. The van der Waals surface area contributed by atoms with E-state index in [0.717, 1.165) is 4.31 Å². The molecule has 1 aromatic heterocycles. The molecule has 2 rings (SSSR count). The molecule has 13 heteroatoms. The quantitative estimate of drug-likeness (QED) is 0.164. The van der Waals surface area contributed by atoms with Crippen LogP contribution in [0.1, 0.15) is 32.4 Å². The predicted molar refractivity (Wildman–Crippen MR) is 135 cm³/mol. The maximum Gasteiger partial charge on any atom is 0.248 e. The first-order valence-corrected chi connectivity index (χ1v) is 13.4. The van der Waals surface area contributed by atoms with Gasteiger partial charge in [-0.05, 0) is 36.6 Å². The van der Waals surface area contributed by atoms with Gasteiger partial charge in [-0.3, -0.25) is 14.8 Å². The van der Waals surface area contributed by atoms with Gasteiger partial charge in [-0.15, -0.1) is 0 Å². The predicted octanol–water partition coefficient (Wildman–Crippen LogP) is 0.933. The first kappa shape index (κ1) is 30.2. The lowest BCUT2D eigenvalue weighted by Gasteiger charge is -2.30. The van der Waals surface area contributed by atoms with E-state index >= 15 is 0 Å². The number of imidazole rings is 1. The molecule has 206 valence electrons. The van der Waals surface area contributed by atoms with Crippen LogP contribution in [0.25, 0.3) is 0 Å². The number of benzene rings is 1. The number of nitrogens with one attached hydrogen (secondary N) is 3. The zero-order chi connectivity index (χ0) is 27.6. The largest absolute Gasteiger partial charge is 0.497 e. The van der Waals surface area contributed by atoms with Gasteiger partial charge in [0.2, 0.25) is 21.8 Å². The SMILES string of the molecule is COc1ccc(S(=O)(=O)N(C)C[C@H](C(=O)NO)[C@@H](CCC(C)C)C(=O)N[C@H](CO)Cc2cnc[nH]2)cc1. The van der Waals surface area contributed by atoms with Gasteiger partial charge in [0, 0.05) is 31.9 Å². The number of hydroxylamine groups is 1. The summed E-state index contributed by atoms with van der Waals surface area (Å²) >= 11 is 0. The number of methoxy groups -OCH3 is 1. The van der Waals surface area contributed by atoms with E-state index in [0.29, 0.717) is 17.9 Å². The lowest BCUT2D eigenvalue weighted by atomic mass is 9.84. The molecule has 0 unspecified atom stereocenters. The van der Waals surface area contributed by atoms with Gasteiger partial charge in [0.25, 0.3) is 0 Å². The van der Waals surface area contributed by atoms with E-state index in [-0.39, 0.29) is 36.8 Å². The van der Waals surface area contributed by atoms with Crippen molar-refractivity contribution in [2.75, 3.05) is 27.3 Å². The van der Waals surface area contributed by atoms with Gasteiger partial charge in [-0.25, -0.2) is 23.2 Å². The van der Waals surface area contributed by atoms with Crippen molar-refractivity contribution in [3.8, 4) is 5.75 Å². The van der Waals surface area contributed by atoms with E-state index in [1.165, 1.54) is 44.8 Å². The Hall–Kier alpha value is -3.00. The maximum absolute atomic E-state index is 13.4. The molecule has 0 aliphatic rings. The number of aromatic nitrogens is 2. The van der Waals surface area contributed by atoms with Crippen LogP contribution in [0, 0.1) is 17.8 Å². The molecule has 0 aliphatic heterocycles. The molecule has 12 nitrogen and oxygen atoms in total. The Bertz CT molecular complexity index is 1090. The van der Waals surface area contributed by atoms with Crippen LogP contribution in [0.4, 0.5) is 0 Å². The lowest BCUT2D eigenvalue weighted by molar-refractivity contribution is -0.141. The number of carbonyl (C=O) groups excluding carboxylic acids is 2. The van der Waals surface area contributed by atoms with Gasteiger partial charge in [-0.2, -0.15) is 0 Å². The van der Waals surface area contributed by atoms with E-state index in [1.807, 2.05) is 13.8 Å². The molecule has 2 aromatic rings. The number of H-pyrrole nitrogens is 1. The van der Waals surface area contributed by atoms with Crippen LogP contribution < -0.4 is 15.5 Å². The van der Waals surface area contributed by atoms with Crippen molar-refractivity contribution in [2.24, 2.45) is 17.8 Å². The molecule has 1 heterocycles. The molecule has 0 aliphatic carbocycles. The Labute approximate surface area is 217 Å². The summed E-state index contributed by atoms with van der Waals surface area (Å²) in [4.78, 5) is 33.0. The monoisotopic (exact) mass is 539 g/mol. The zero-order valence-corrected chi connectivity index (χ0v) is 22.4. The summed E-state index contributed by atoms with van der Waals surface area (Å²) in [5.41, 5.74) is 2.29. The Morgan fingerprint density at radius 2 is 1.81 bits per heavy atom. The highest BCUT2D eigenvalue weighted by Gasteiger charge is 2.37. The summed E-state index contributed by atoms with van der Waals surface area (Å²) in [5.74, 6) is -2.89. The summed E-state index contributed by atoms with van der Waals surface area (Å²) in [6.07, 6.45) is 4.18. The Kier molecular flexibility index (Phi) is 11.5. The van der Waals surface area contributed by atoms with Crippen LogP contribution in [0.5, 0.6) is 5.75 Å². The molecule has 0 bridgehead atoms. The van der Waals surface area contributed by atoms with E-state index in [4.69, 9.17) is 4.74 Å². The van der Waals surface area contributed by atoms with Crippen molar-refractivity contribution in [2.45, 2.75) is 44.0 Å². The second-order valence-corrected chi connectivity index (χ2v) is 11.3. The number of aromatic amines is 1. The first-order valence-electron chi connectivity index (χ1n) is 12.0. The molecule has 3 atom stereocenters. The highest BCUT2D eigenvalue weighted by atomic mass is 32.2. The van der Waals surface area contributed by atoms with Gasteiger partial charge < -0.3 is 20.1 Å². The summed E-state index contributed by atoms with van der Waals surface area (Å²) in [6, 6.07) is 5.12. The van der Waals surface area contributed by atoms with Crippen molar-refractivity contribution >= 4 is 21.8 Å². The minimum absolute atomic E-state index is 0.0120. The second-order valence-electron chi connectivity index (χ2n) is 9.29. The minimum atomic E-state index is -4.02. The molecule has 2 amide bonds. The number of sulfonamides is 1. The molecule has 0 spiro atoms. The molecule has 37 heavy (non-hydrogen) atoms. The normalized spacial score (nSPS) is 14.3. The fourth-order valence-corrected chi connectivity index (χ4v) is 5.13. The molecule has 0 fully saturated rings. The highest BCUT2D eigenvalue weighted by Crippen LogP contribution is 2.26. The molecule has 5 N–H and O–H groups in total. The number of aliphatic hydroxyl groups excluding tert-OH is 1. The van der Waals surface area contributed by atoms with Crippen molar-refractivity contribution in [1.82, 2.24) is 25.1 Å². The number of hydrogen-bond donors (Lipinski definition) is 5. The van der Waals surface area contributed by atoms with E-state index in [2.05, 4.69) is 15.3 Å². The smallest absolute Gasteiger partial charge is 0.248 e. The molecular weight excluding hydrogens is 502 g/mol. The molecular formula is C24H37N5O7S. The third-order valence-electron chi connectivity index (χ3n) is 6.13. The van der Waals surface area contributed by atoms with Crippen LogP contribution in [-0.2, 0) is 26.0 Å². The maximum atomic E-state index is 13.4. The van der Waals surface area contributed by atoms with Crippen LogP contribution in [0.3, 0.4) is 0 Å². The van der Waals surface area contributed by atoms with Gasteiger partial charge in [0.15, 0.2) is 0 Å². The van der Waals surface area contributed by atoms with Gasteiger partial charge in [0.05, 0.1) is 42.8 Å². The number of amides is 2. The average Bonchev–Trinajstić information content (AvgIpc) is 3.39. The van der Waals surface area contributed by atoms with E-state index < -0.39 is 39.7 Å². The van der Waals surface area contributed by atoms with Crippen LogP contribution in [0.15, 0.2) is 41.7 Å². The summed E-state index contributed by atoms with van der Waals surface area (Å²) in [7, 11) is -1.25. The number of rotatable bonds is 15. The molecule has 1 aromatic carbocycles. The van der Waals surface area contributed by atoms with Crippen LogP contribution in [0.2, 0.25) is 0 Å². The number of nitrogens with zero attached hydrogens (tertiary/aromatic N) is 2. The number of hydrogen-bond acceptors (Lipinski definition) is 8. The van der Waals surface area contributed by atoms with Crippen LogP contribution >= 0.6 is 0 Å². The summed E-state index contributed by atoms with van der Waals surface area (Å²) < 4.78 is 32.4.